The van der Waals surface area contributed by atoms with Crippen LogP contribution in [0.15, 0.2) is 54.6 Å². The lowest BCUT2D eigenvalue weighted by Crippen LogP contribution is -2.15. The molecule has 0 N–H and O–H groups in total. The number of tetrazole rings is 1. The molecule has 1 heterocycles. The minimum Gasteiger partial charge on any atom is -0.267 e. The van der Waals surface area contributed by atoms with Crippen molar-refractivity contribution in [3.05, 3.63) is 65.2 Å². The minimum absolute atomic E-state index is 0.360. The number of hydrogen-bond donors (Lipinski definition) is 0. The monoisotopic (exact) mass is 284 g/mol. The predicted molar refractivity (Wildman–Crippen MR) is 74.4 cm³/mol. The van der Waals surface area contributed by atoms with Crippen LogP contribution in [0.1, 0.15) is 10.4 Å². The van der Waals surface area contributed by atoms with Crippen molar-refractivity contribution in [3.8, 4) is 11.4 Å². The Labute approximate surface area is 119 Å². The summed E-state index contributed by atoms with van der Waals surface area (Å²) in [6.45, 7) is 0. The Morgan fingerprint density at radius 2 is 1.70 bits per heavy atom. The standard InChI is InChI=1S/C14H9ClN4O/c15-12-9-5-4-8-11(12)14(20)19-13(16-17-18-19)10-6-2-1-3-7-10/h1-9H. The van der Waals surface area contributed by atoms with E-state index in [0.29, 0.717) is 16.4 Å². The van der Waals surface area contributed by atoms with Gasteiger partial charge in [0.2, 0.25) is 0 Å². The molecule has 1 aromatic heterocycles. The Bertz CT molecular complexity index is 755. The Kier molecular flexibility index (Phi) is 3.26. The van der Waals surface area contributed by atoms with Crippen LogP contribution in [0.3, 0.4) is 0 Å². The van der Waals surface area contributed by atoms with E-state index in [1.165, 1.54) is 0 Å². The van der Waals surface area contributed by atoms with E-state index in [1.54, 1.807) is 24.3 Å². The van der Waals surface area contributed by atoms with Crippen molar-refractivity contribution in [3.63, 3.8) is 0 Å². The topological polar surface area (TPSA) is 60.7 Å². The lowest BCUT2D eigenvalue weighted by atomic mass is 10.2. The summed E-state index contributed by atoms with van der Waals surface area (Å²) in [7, 11) is 0. The predicted octanol–water partition coefficient (Wildman–Crippen LogP) is 2.68. The van der Waals surface area contributed by atoms with Gasteiger partial charge < -0.3 is 0 Å². The summed E-state index contributed by atoms with van der Waals surface area (Å²) in [6.07, 6.45) is 0. The van der Waals surface area contributed by atoms with Crippen molar-refractivity contribution < 1.29 is 4.79 Å². The summed E-state index contributed by atoms with van der Waals surface area (Å²) in [5, 5.41) is 11.6. The van der Waals surface area contributed by atoms with Gasteiger partial charge in [-0.2, -0.15) is 4.68 Å². The molecule has 5 nitrogen and oxygen atoms in total. The largest absolute Gasteiger partial charge is 0.283 e. The van der Waals surface area contributed by atoms with Crippen LogP contribution >= 0.6 is 11.6 Å². The summed E-state index contributed by atoms with van der Waals surface area (Å²) < 4.78 is 1.15. The van der Waals surface area contributed by atoms with Crippen molar-refractivity contribution in [2.45, 2.75) is 0 Å². The van der Waals surface area contributed by atoms with Crippen LogP contribution < -0.4 is 0 Å². The molecule has 0 aliphatic rings. The third-order valence-corrected chi connectivity index (χ3v) is 3.13. The van der Waals surface area contributed by atoms with Crippen LogP contribution in [-0.4, -0.2) is 26.1 Å². The first-order valence-corrected chi connectivity index (χ1v) is 6.28. The van der Waals surface area contributed by atoms with E-state index in [-0.39, 0.29) is 5.91 Å². The fourth-order valence-corrected chi connectivity index (χ4v) is 2.06. The van der Waals surface area contributed by atoms with Gasteiger partial charge in [-0.15, -0.1) is 5.10 Å². The molecule has 0 unspecified atom stereocenters. The number of benzene rings is 2. The summed E-state index contributed by atoms with van der Waals surface area (Å²) in [5.41, 5.74) is 1.12. The van der Waals surface area contributed by atoms with E-state index < -0.39 is 0 Å². The minimum atomic E-state index is -0.362. The summed E-state index contributed by atoms with van der Waals surface area (Å²) in [6, 6.07) is 16.1. The van der Waals surface area contributed by atoms with Gasteiger partial charge in [0.1, 0.15) is 0 Å². The Morgan fingerprint density at radius 1 is 1.00 bits per heavy atom. The maximum Gasteiger partial charge on any atom is 0.283 e. The molecular formula is C14H9ClN4O. The van der Waals surface area contributed by atoms with Gasteiger partial charge in [0.05, 0.1) is 10.6 Å². The van der Waals surface area contributed by atoms with E-state index in [2.05, 4.69) is 15.5 Å². The van der Waals surface area contributed by atoms with Crippen molar-refractivity contribution in [2.75, 3.05) is 0 Å². The molecule has 98 valence electrons. The lowest BCUT2D eigenvalue weighted by Gasteiger charge is -2.04. The van der Waals surface area contributed by atoms with Crippen LogP contribution in [-0.2, 0) is 0 Å². The van der Waals surface area contributed by atoms with E-state index in [1.807, 2.05) is 30.3 Å². The van der Waals surface area contributed by atoms with Crippen molar-refractivity contribution in [2.24, 2.45) is 0 Å². The zero-order valence-corrected chi connectivity index (χ0v) is 11.0. The van der Waals surface area contributed by atoms with Crippen molar-refractivity contribution >= 4 is 17.5 Å². The summed E-state index contributed by atoms with van der Waals surface area (Å²) >= 11 is 6.03. The molecule has 6 heteroatoms. The third-order valence-electron chi connectivity index (χ3n) is 2.80. The van der Waals surface area contributed by atoms with Crippen LogP contribution in [0.2, 0.25) is 5.02 Å². The second kappa shape index (κ2) is 5.22. The average Bonchev–Trinajstić information content (AvgIpc) is 2.97. The second-order valence-corrected chi connectivity index (χ2v) is 4.47. The zero-order chi connectivity index (χ0) is 13.9. The van der Waals surface area contributed by atoms with Gasteiger partial charge in [0.25, 0.3) is 5.91 Å². The summed E-state index contributed by atoms with van der Waals surface area (Å²) in [4.78, 5) is 12.5. The highest BCUT2D eigenvalue weighted by Gasteiger charge is 2.18. The Hall–Kier alpha value is -2.53. The third kappa shape index (κ3) is 2.19. The lowest BCUT2D eigenvalue weighted by molar-refractivity contribution is 0.0945. The second-order valence-electron chi connectivity index (χ2n) is 4.07. The quantitative estimate of drug-likeness (QED) is 0.679. The summed E-state index contributed by atoms with van der Waals surface area (Å²) in [5.74, 6) is 0.0231. The van der Waals surface area contributed by atoms with E-state index in [0.717, 1.165) is 10.2 Å². The van der Waals surface area contributed by atoms with Crippen LogP contribution in [0.4, 0.5) is 0 Å². The molecule has 0 aliphatic carbocycles. The zero-order valence-electron chi connectivity index (χ0n) is 10.3. The first-order valence-electron chi connectivity index (χ1n) is 5.90. The molecule has 3 rings (SSSR count). The highest BCUT2D eigenvalue weighted by molar-refractivity contribution is 6.33. The van der Waals surface area contributed by atoms with Gasteiger partial charge in [-0.25, -0.2) is 0 Å². The first kappa shape index (κ1) is 12.5. The SMILES string of the molecule is O=C(c1ccccc1Cl)n1nnnc1-c1ccccc1. The van der Waals surface area contributed by atoms with Gasteiger partial charge in [0, 0.05) is 5.56 Å². The molecule has 2 aromatic carbocycles. The highest BCUT2D eigenvalue weighted by atomic mass is 35.5. The van der Waals surface area contributed by atoms with Crippen LogP contribution in [0.25, 0.3) is 11.4 Å². The van der Waals surface area contributed by atoms with Crippen LogP contribution in [0, 0.1) is 0 Å². The molecule has 0 amide bonds. The molecule has 0 spiro atoms. The van der Waals surface area contributed by atoms with Gasteiger partial charge in [0.15, 0.2) is 5.82 Å². The van der Waals surface area contributed by atoms with Crippen molar-refractivity contribution in [1.82, 2.24) is 20.2 Å². The smallest absolute Gasteiger partial charge is 0.267 e. The molecule has 20 heavy (non-hydrogen) atoms. The molecule has 0 atom stereocenters. The van der Waals surface area contributed by atoms with Gasteiger partial charge in [-0.05, 0) is 22.6 Å². The number of halogens is 1. The Balaban J connectivity index is 2.07. The fourth-order valence-electron chi connectivity index (χ4n) is 1.84. The van der Waals surface area contributed by atoms with Gasteiger partial charge in [-0.1, -0.05) is 54.1 Å². The number of nitrogens with zero attached hydrogens (tertiary/aromatic N) is 4. The molecular weight excluding hydrogens is 276 g/mol. The highest BCUT2D eigenvalue weighted by Crippen LogP contribution is 2.19. The maximum absolute atomic E-state index is 12.5. The molecule has 0 bridgehead atoms. The molecule has 0 aliphatic heterocycles. The van der Waals surface area contributed by atoms with Gasteiger partial charge >= 0.3 is 0 Å². The number of hydrogen-bond acceptors (Lipinski definition) is 4. The molecule has 3 aromatic rings. The molecule has 0 saturated carbocycles. The maximum atomic E-state index is 12.5. The number of carbonyl (C=O) groups excluding carboxylic acids is 1. The van der Waals surface area contributed by atoms with Crippen molar-refractivity contribution in [1.29, 1.82) is 0 Å². The van der Waals surface area contributed by atoms with Gasteiger partial charge in [-0.3, -0.25) is 4.79 Å². The molecule has 0 radical (unpaired) electrons. The van der Waals surface area contributed by atoms with E-state index in [4.69, 9.17) is 11.6 Å². The average molecular weight is 285 g/mol. The van der Waals surface area contributed by atoms with E-state index >= 15 is 0 Å². The molecule has 0 saturated heterocycles. The van der Waals surface area contributed by atoms with E-state index in [9.17, 15) is 4.79 Å². The first-order chi connectivity index (χ1) is 9.77. The number of rotatable bonds is 2. The fraction of sp³-hybridized carbons (Fsp3) is 0. The molecule has 0 fully saturated rings. The number of aromatic nitrogens is 4. The van der Waals surface area contributed by atoms with Crippen LogP contribution in [0.5, 0.6) is 0 Å². The normalized spacial score (nSPS) is 10.4. The number of carbonyl (C=O) groups is 1. The Morgan fingerprint density at radius 3 is 2.45 bits per heavy atom.